The first-order valence-corrected chi connectivity index (χ1v) is 8.61. The van der Waals surface area contributed by atoms with E-state index in [4.69, 9.17) is 20.4 Å². The molecule has 4 heteroatoms. The first-order valence-electron chi connectivity index (χ1n) is 8.61. The molecular weight excluding hydrogens is 352 g/mol. The third-order valence-electron chi connectivity index (χ3n) is 3.58. The minimum atomic E-state index is 0.257. The van der Waals surface area contributed by atoms with E-state index < -0.39 is 0 Å². The number of hydrogen-bond donors (Lipinski definition) is 4. The Morgan fingerprint density at radius 2 is 0.536 bits per heavy atom. The van der Waals surface area contributed by atoms with E-state index in [1.807, 2.05) is 36.4 Å². The third kappa shape index (κ3) is 7.54. The van der Waals surface area contributed by atoms with Gasteiger partial charge < -0.3 is 20.4 Å². The second kappa shape index (κ2) is 10.9. The largest absolute Gasteiger partial charge is 0.508 e. The molecule has 0 spiro atoms. The van der Waals surface area contributed by atoms with Gasteiger partial charge in [-0.15, -0.1) is 0 Å². The Kier molecular flexibility index (Phi) is 7.96. The van der Waals surface area contributed by atoms with Gasteiger partial charge in [0.2, 0.25) is 0 Å². The van der Waals surface area contributed by atoms with Gasteiger partial charge in [0.05, 0.1) is 0 Å². The molecule has 28 heavy (non-hydrogen) atoms. The standard InChI is InChI=1S/C12H10O2.2C6H6O/c13-11-5-1-9(2-6-11)10-3-7-12(14)8-4-10;2*7-6-4-2-1-3-5-6/h1-8,13-14H;2*1-5,7H. The summed E-state index contributed by atoms with van der Waals surface area (Å²) in [4.78, 5) is 0. The lowest BCUT2D eigenvalue weighted by molar-refractivity contribution is 0.474. The van der Waals surface area contributed by atoms with Crippen LogP contribution in [0.2, 0.25) is 0 Å². The highest BCUT2D eigenvalue weighted by atomic mass is 16.3. The molecule has 0 bridgehead atoms. The van der Waals surface area contributed by atoms with Crippen LogP contribution in [0.4, 0.5) is 0 Å². The van der Waals surface area contributed by atoms with Gasteiger partial charge in [0.25, 0.3) is 0 Å². The maximum atomic E-state index is 9.11. The molecule has 4 aromatic carbocycles. The van der Waals surface area contributed by atoms with Crippen molar-refractivity contribution in [3.63, 3.8) is 0 Å². The molecule has 0 saturated heterocycles. The monoisotopic (exact) mass is 374 g/mol. The normalized spacial score (nSPS) is 9.29. The molecule has 0 unspecified atom stereocenters. The van der Waals surface area contributed by atoms with Crippen LogP contribution in [0.5, 0.6) is 23.0 Å². The van der Waals surface area contributed by atoms with E-state index in [1.165, 1.54) is 0 Å². The van der Waals surface area contributed by atoms with Crippen molar-refractivity contribution in [2.24, 2.45) is 0 Å². The van der Waals surface area contributed by atoms with Crippen molar-refractivity contribution in [3.05, 3.63) is 109 Å². The van der Waals surface area contributed by atoms with Gasteiger partial charge in [0, 0.05) is 0 Å². The van der Waals surface area contributed by atoms with Crippen molar-refractivity contribution in [1.82, 2.24) is 0 Å². The molecule has 0 aliphatic heterocycles. The van der Waals surface area contributed by atoms with Crippen LogP contribution in [0.1, 0.15) is 0 Å². The summed E-state index contributed by atoms with van der Waals surface area (Å²) in [5.74, 6) is 1.16. The first kappa shape index (κ1) is 20.4. The summed E-state index contributed by atoms with van der Waals surface area (Å²) in [6.45, 7) is 0. The molecule has 4 nitrogen and oxygen atoms in total. The van der Waals surface area contributed by atoms with Crippen molar-refractivity contribution in [1.29, 1.82) is 0 Å². The second-order valence-corrected chi connectivity index (χ2v) is 5.76. The highest BCUT2D eigenvalue weighted by Gasteiger charge is 1.97. The third-order valence-corrected chi connectivity index (χ3v) is 3.58. The Bertz CT molecular complexity index is 839. The number of benzene rings is 4. The fourth-order valence-corrected chi connectivity index (χ4v) is 2.16. The van der Waals surface area contributed by atoms with Crippen molar-refractivity contribution >= 4 is 0 Å². The van der Waals surface area contributed by atoms with Gasteiger partial charge >= 0.3 is 0 Å². The molecule has 0 aromatic heterocycles. The van der Waals surface area contributed by atoms with Gasteiger partial charge in [-0.1, -0.05) is 60.7 Å². The van der Waals surface area contributed by atoms with Crippen LogP contribution in [-0.2, 0) is 0 Å². The van der Waals surface area contributed by atoms with Crippen LogP contribution in [0.3, 0.4) is 0 Å². The lowest BCUT2D eigenvalue weighted by Gasteiger charge is -2.01. The van der Waals surface area contributed by atoms with E-state index in [1.54, 1.807) is 72.8 Å². The molecule has 0 aliphatic carbocycles. The van der Waals surface area contributed by atoms with Crippen molar-refractivity contribution in [2.75, 3.05) is 0 Å². The van der Waals surface area contributed by atoms with Crippen LogP contribution >= 0.6 is 0 Å². The van der Waals surface area contributed by atoms with Gasteiger partial charge in [-0.05, 0) is 59.7 Å². The SMILES string of the molecule is Oc1ccc(-c2ccc(O)cc2)cc1.Oc1ccccc1.Oc1ccccc1. The minimum Gasteiger partial charge on any atom is -0.508 e. The van der Waals surface area contributed by atoms with Crippen LogP contribution in [0, 0.1) is 0 Å². The second-order valence-electron chi connectivity index (χ2n) is 5.76. The lowest BCUT2D eigenvalue weighted by atomic mass is 10.1. The smallest absolute Gasteiger partial charge is 0.115 e. The number of rotatable bonds is 1. The maximum Gasteiger partial charge on any atom is 0.115 e. The van der Waals surface area contributed by atoms with Crippen molar-refractivity contribution < 1.29 is 20.4 Å². The number of aromatic hydroxyl groups is 4. The van der Waals surface area contributed by atoms with Crippen LogP contribution in [0.15, 0.2) is 109 Å². The quantitative estimate of drug-likeness (QED) is 0.352. The summed E-state index contributed by atoms with van der Waals surface area (Å²) in [6, 6.07) is 31.3. The highest BCUT2D eigenvalue weighted by Crippen LogP contribution is 2.23. The Morgan fingerprint density at radius 3 is 0.750 bits per heavy atom. The van der Waals surface area contributed by atoms with Crippen LogP contribution in [-0.4, -0.2) is 20.4 Å². The zero-order valence-electron chi connectivity index (χ0n) is 15.2. The minimum absolute atomic E-state index is 0.257. The lowest BCUT2D eigenvalue weighted by Crippen LogP contribution is -1.75. The average molecular weight is 374 g/mol. The zero-order chi connectivity index (χ0) is 20.2. The summed E-state index contributed by atoms with van der Waals surface area (Å²) < 4.78 is 0. The van der Waals surface area contributed by atoms with Gasteiger partial charge in [-0.25, -0.2) is 0 Å². The van der Waals surface area contributed by atoms with E-state index in [9.17, 15) is 0 Å². The first-order chi connectivity index (χ1) is 13.5. The molecule has 142 valence electrons. The van der Waals surface area contributed by atoms with Gasteiger partial charge in [-0.3, -0.25) is 0 Å². The summed E-state index contributed by atoms with van der Waals surface area (Å²) in [5.41, 5.74) is 2.03. The fraction of sp³-hybridized carbons (Fsp3) is 0. The molecule has 0 fully saturated rings. The van der Waals surface area contributed by atoms with Crippen LogP contribution in [0.25, 0.3) is 11.1 Å². The number of phenolic OH excluding ortho intramolecular Hbond substituents is 4. The van der Waals surface area contributed by atoms with Gasteiger partial charge in [-0.2, -0.15) is 0 Å². The van der Waals surface area contributed by atoms with E-state index in [0.29, 0.717) is 11.5 Å². The average Bonchev–Trinajstić information content (AvgIpc) is 2.72. The van der Waals surface area contributed by atoms with E-state index in [0.717, 1.165) is 11.1 Å². The summed E-state index contributed by atoms with van der Waals surface area (Å²) in [6.07, 6.45) is 0. The van der Waals surface area contributed by atoms with Gasteiger partial charge in [0.1, 0.15) is 23.0 Å². The van der Waals surface area contributed by atoms with E-state index >= 15 is 0 Å². The molecule has 0 amide bonds. The zero-order valence-corrected chi connectivity index (χ0v) is 15.2. The van der Waals surface area contributed by atoms with E-state index in [-0.39, 0.29) is 11.5 Å². The summed E-state index contributed by atoms with van der Waals surface area (Å²) in [5, 5.41) is 35.5. The number of hydrogen-bond acceptors (Lipinski definition) is 4. The number of phenols is 4. The fourth-order valence-electron chi connectivity index (χ4n) is 2.16. The molecule has 0 radical (unpaired) electrons. The van der Waals surface area contributed by atoms with Crippen molar-refractivity contribution in [3.8, 4) is 34.1 Å². The van der Waals surface area contributed by atoms with Gasteiger partial charge in [0.15, 0.2) is 0 Å². The van der Waals surface area contributed by atoms with E-state index in [2.05, 4.69) is 0 Å². The Labute approximate surface area is 164 Å². The predicted octanol–water partition coefficient (Wildman–Crippen LogP) is 5.55. The van der Waals surface area contributed by atoms with Crippen LogP contribution < -0.4 is 0 Å². The molecular formula is C24H22O4. The maximum absolute atomic E-state index is 9.11. The molecule has 0 atom stereocenters. The Balaban J connectivity index is 0.000000168. The highest BCUT2D eigenvalue weighted by molar-refractivity contribution is 5.64. The predicted molar refractivity (Wildman–Crippen MR) is 111 cm³/mol. The molecule has 0 aliphatic rings. The molecule has 0 heterocycles. The molecule has 4 aromatic rings. The molecule has 0 saturated carbocycles. The Hall–Kier alpha value is -3.92. The van der Waals surface area contributed by atoms with Crippen molar-refractivity contribution in [2.45, 2.75) is 0 Å². The number of para-hydroxylation sites is 2. The molecule has 4 N–H and O–H groups in total. The molecule has 4 rings (SSSR count). The topological polar surface area (TPSA) is 80.9 Å². The Morgan fingerprint density at radius 1 is 0.286 bits per heavy atom. The summed E-state index contributed by atoms with van der Waals surface area (Å²) >= 11 is 0. The summed E-state index contributed by atoms with van der Waals surface area (Å²) in [7, 11) is 0.